The Bertz CT molecular complexity index is 1250. The zero-order chi connectivity index (χ0) is 24.3. The van der Waals surface area contributed by atoms with Gasteiger partial charge in [0, 0.05) is 25.0 Å². The summed E-state index contributed by atoms with van der Waals surface area (Å²) in [5, 5.41) is 11.4. The predicted molar refractivity (Wildman–Crippen MR) is 132 cm³/mol. The number of hydrogen-bond donors (Lipinski definition) is 1. The topological polar surface area (TPSA) is 96.7 Å². The minimum Gasteiger partial charge on any atom is -0.325 e. The molecule has 0 aliphatic heterocycles. The molecule has 178 valence electrons. The third kappa shape index (κ3) is 5.23. The molecule has 10 heteroatoms. The molecule has 0 radical (unpaired) electrons. The molecule has 2 heterocycles. The maximum absolute atomic E-state index is 13.0. The van der Waals surface area contributed by atoms with E-state index in [0.717, 1.165) is 16.8 Å². The number of amides is 1. The van der Waals surface area contributed by atoms with Crippen LogP contribution in [0.2, 0.25) is 0 Å². The van der Waals surface area contributed by atoms with Gasteiger partial charge in [0.2, 0.25) is 15.9 Å². The number of nitrogens with zero attached hydrogens (tertiary/aromatic N) is 4. The summed E-state index contributed by atoms with van der Waals surface area (Å²) in [7, 11) is -3.62. The summed E-state index contributed by atoms with van der Waals surface area (Å²) in [6.45, 7) is 12.3. The largest absolute Gasteiger partial charge is 0.325 e. The van der Waals surface area contributed by atoms with Gasteiger partial charge in [-0.15, -0.1) is 10.2 Å². The van der Waals surface area contributed by atoms with Gasteiger partial charge in [0.15, 0.2) is 10.8 Å². The molecule has 0 saturated heterocycles. The Balaban J connectivity index is 1.86. The summed E-state index contributed by atoms with van der Waals surface area (Å²) in [6.07, 6.45) is 1.52. The Labute approximate surface area is 199 Å². The molecule has 8 nitrogen and oxygen atoms in total. The monoisotopic (exact) mass is 489 g/mol. The number of benzene rings is 1. The third-order valence-corrected chi connectivity index (χ3v) is 8.60. The molecule has 1 N–H and O–H groups in total. The molecule has 0 aliphatic carbocycles. The van der Waals surface area contributed by atoms with E-state index in [2.05, 4.69) is 29.4 Å². The summed E-state index contributed by atoms with van der Waals surface area (Å²) in [5.41, 5.74) is 3.44. The van der Waals surface area contributed by atoms with Gasteiger partial charge in [0.05, 0.1) is 10.1 Å². The second kappa shape index (κ2) is 10.2. The highest BCUT2D eigenvalue weighted by Crippen LogP contribution is 2.29. The Hall–Kier alpha value is -2.43. The lowest BCUT2D eigenvalue weighted by molar-refractivity contribution is -0.115. The average Bonchev–Trinajstić information content (AvgIpc) is 3.17. The van der Waals surface area contributed by atoms with E-state index in [1.165, 1.54) is 28.3 Å². The van der Waals surface area contributed by atoms with Crippen molar-refractivity contribution in [3.05, 3.63) is 47.7 Å². The fourth-order valence-corrected chi connectivity index (χ4v) is 5.86. The molecule has 3 rings (SSSR count). The molecule has 3 aromatic rings. The number of carbonyl (C=O) groups is 1. The van der Waals surface area contributed by atoms with Crippen LogP contribution in [0.1, 0.15) is 51.7 Å². The highest BCUT2D eigenvalue weighted by molar-refractivity contribution is 8.00. The van der Waals surface area contributed by atoms with E-state index in [1.54, 1.807) is 31.2 Å². The number of aromatic nitrogens is 3. The van der Waals surface area contributed by atoms with Crippen molar-refractivity contribution in [3.63, 3.8) is 0 Å². The Morgan fingerprint density at radius 2 is 1.82 bits per heavy atom. The summed E-state index contributed by atoms with van der Waals surface area (Å²) < 4.78 is 28.9. The fourth-order valence-electron chi connectivity index (χ4n) is 3.57. The van der Waals surface area contributed by atoms with Gasteiger partial charge in [-0.2, -0.15) is 4.31 Å². The molecule has 0 spiro atoms. The summed E-state index contributed by atoms with van der Waals surface area (Å²) in [6, 6.07) is 9.15. The molecule has 0 bridgehead atoms. The van der Waals surface area contributed by atoms with E-state index in [4.69, 9.17) is 0 Å². The molecule has 33 heavy (non-hydrogen) atoms. The Morgan fingerprint density at radius 1 is 1.12 bits per heavy atom. The van der Waals surface area contributed by atoms with Gasteiger partial charge in [0.1, 0.15) is 0 Å². The number of nitrogens with one attached hydrogen (secondary N) is 1. The van der Waals surface area contributed by atoms with Gasteiger partial charge >= 0.3 is 0 Å². The molecule has 0 fully saturated rings. The van der Waals surface area contributed by atoms with E-state index >= 15 is 0 Å². The van der Waals surface area contributed by atoms with Crippen LogP contribution in [0, 0.1) is 6.92 Å². The predicted octanol–water partition coefficient (Wildman–Crippen LogP) is 4.31. The normalized spacial score (nSPS) is 13.1. The van der Waals surface area contributed by atoms with Crippen LogP contribution in [-0.2, 0) is 14.8 Å². The van der Waals surface area contributed by atoms with Gasteiger partial charge in [-0.05, 0) is 43.0 Å². The van der Waals surface area contributed by atoms with Crippen LogP contribution in [0.15, 0.2) is 46.6 Å². The van der Waals surface area contributed by atoms with Gasteiger partial charge in [0.25, 0.3) is 0 Å². The second-order valence-electron chi connectivity index (χ2n) is 8.11. The first-order valence-electron chi connectivity index (χ1n) is 11.0. The van der Waals surface area contributed by atoms with Gasteiger partial charge in [-0.1, -0.05) is 57.7 Å². The molecule has 0 aliphatic rings. The molecule has 1 amide bonds. The van der Waals surface area contributed by atoms with Crippen LogP contribution in [0.4, 0.5) is 5.69 Å². The van der Waals surface area contributed by atoms with Crippen molar-refractivity contribution in [2.24, 2.45) is 0 Å². The zero-order valence-electron chi connectivity index (χ0n) is 19.9. The van der Waals surface area contributed by atoms with Crippen molar-refractivity contribution in [3.8, 4) is 0 Å². The SMILES string of the molecule is CCN(CC)S(=O)(=O)c1ccc2nnc(SC(C)C(=O)Nc3c(C)cccc3C(C)C)n2c1. The van der Waals surface area contributed by atoms with E-state index in [0.29, 0.717) is 23.9 Å². The molecular weight excluding hydrogens is 458 g/mol. The maximum atomic E-state index is 13.0. The van der Waals surface area contributed by atoms with Crippen LogP contribution in [0.25, 0.3) is 5.65 Å². The number of fused-ring (bicyclic) bond motifs is 1. The minimum absolute atomic E-state index is 0.153. The smallest absolute Gasteiger partial charge is 0.244 e. The number of anilines is 1. The van der Waals surface area contributed by atoms with Crippen LogP contribution < -0.4 is 5.32 Å². The average molecular weight is 490 g/mol. The van der Waals surface area contributed by atoms with Crippen LogP contribution in [0.3, 0.4) is 0 Å². The lowest BCUT2D eigenvalue weighted by Crippen LogP contribution is -2.30. The van der Waals surface area contributed by atoms with Crippen molar-refractivity contribution in [1.82, 2.24) is 18.9 Å². The number of sulfonamides is 1. The van der Waals surface area contributed by atoms with Crippen LogP contribution >= 0.6 is 11.8 Å². The molecule has 1 atom stereocenters. The standard InChI is InChI=1S/C23H31N5O3S2/c1-7-27(8-2)33(30,31)18-12-13-20-25-26-23(28(20)14-18)32-17(6)22(29)24-21-16(5)10-9-11-19(21)15(3)4/h9-15,17H,7-8H2,1-6H3,(H,24,29). The number of thioether (sulfide) groups is 1. The van der Waals surface area contributed by atoms with E-state index in [-0.39, 0.29) is 16.7 Å². The summed E-state index contributed by atoms with van der Waals surface area (Å²) in [4.78, 5) is 13.2. The van der Waals surface area contributed by atoms with Crippen molar-refractivity contribution in [2.45, 2.75) is 62.8 Å². The lowest BCUT2D eigenvalue weighted by Gasteiger charge is -2.19. The zero-order valence-corrected chi connectivity index (χ0v) is 21.5. The molecule has 1 aromatic carbocycles. The number of aryl methyl sites for hydroxylation is 1. The van der Waals surface area contributed by atoms with Gasteiger partial charge in [-0.3, -0.25) is 9.20 Å². The molecule has 2 aromatic heterocycles. The minimum atomic E-state index is -3.62. The second-order valence-corrected chi connectivity index (χ2v) is 11.4. The van der Waals surface area contributed by atoms with Gasteiger partial charge < -0.3 is 5.32 Å². The molecule has 1 unspecified atom stereocenters. The Kier molecular flexibility index (Phi) is 7.81. The molecular formula is C23H31N5O3S2. The van der Waals surface area contributed by atoms with E-state index in [1.807, 2.05) is 25.1 Å². The van der Waals surface area contributed by atoms with Crippen molar-refractivity contribution in [1.29, 1.82) is 0 Å². The van der Waals surface area contributed by atoms with Gasteiger partial charge in [-0.25, -0.2) is 8.42 Å². The summed E-state index contributed by atoms with van der Waals surface area (Å²) in [5.74, 6) is 0.120. The number of para-hydroxylation sites is 1. The summed E-state index contributed by atoms with van der Waals surface area (Å²) >= 11 is 1.24. The van der Waals surface area contributed by atoms with Crippen LogP contribution in [-0.4, -0.2) is 51.6 Å². The van der Waals surface area contributed by atoms with E-state index < -0.39 is 15.3 Å². The Morgan fingerprint density at radius 3 is 2.45 bits per heavy atom. The molecule has 0 saturated carbocycles. The number of hydrogen-bond acceptors (Lipinski definition) is 6. The maximum Gasteiger partial charge on any atom is 0.244 e. The highest BCUT2D eigenvalue weighted by Gasteiger charge is 2.24. The van der Waals surface area contributed by atoms with Crippen molar-refractivity contribution in [2.75, 3.05) is 18.4 Å². The van der Waals surface area contributed by atoms with Crippen LogP contribution in [0.5, 0.6) is 0 Å². The lowest BCUT2D eigenvalue weighted by atomic mass is 9.98. The number of pyridine rings is 1. The first kappa shape index (κ1) is 25.2. The first-order chi connectivity index (χ1) is 15.6. The van der Waals surface area contributed by atoms with Crippen molar-refractivity contribution >= 4 is 39.0 Å². The quantitative estimate of drug-likeness (QED) is 0.450. The highest BCUT2D eigenvalue weighted by atomic mass is 32.2. The number of carbonyl (C=O) groups excluding carboxylic acids is 1. The van der Waals surface area contributed by atoms with Crippen molar-refractivity contribution < 1.29 is 13.2 Å². The van der Waals surface area contributed by atoms with E-state index in [9.17, 15) is 13.2 Å². The third-order valence-electron chi connectivity index (χ3n) is 5.51. The first-order valence-corrected chi connectivity index (χ1v) is 13.3. The fraction of sp³-hybridized carbons (Fsp3) is 0.435. The number of rotatable bonds is 9.